The van der Waals surface area contributed by atoms with Gasteiger partial charge in [-0.25, -0.2) is 0 Å². The van der Waals surface area contributed by atoms with Crippen molar-refractivity contribution in [3.8, 4) is 0 Å². The summed E-state index contributed by atoms with van der Waals surface area (Å²) in [6.45, 7) is 2.92. The number of carbonyl (C=O) groups excluding carboxylic acids is 1. The Balaban J connectivity index is 1.69. The van der Waals surface area contributed by atoms with Crippen LogP contribution in [0.5, 0.6) is 0 Å². The number of aromatic amines is 1. The largest absolute Gasteiger partial charge is 0.357 e. The van der Waals surface area contributed by atoms with Gasteiger partial charge < -0.3 is 19.4 Å². The molecule has 0 radical (unpaired) electrons. The van der Waals surface area contributed by atoms with Crippen LogP contribution in [0.15, 0.2) is 23.3 Å². The second-order valence-corrected chi connectivity index (χ2v) is 6.64. The third-order valence-corrected chi connectivity index (χ3v) is 5.21. The maximum atomic E-state index is 12.9. The Morgan fingerprint density at radius 2 is 2.00 bits per heavy atom. The summed E-state index contributed by atoms with van der Waals surface area (Å²) in [5.74, 6) is 0.0461. The molecule has 6 heteroatoms. The van der Waals surface area contributed by atoms with Crippen molar-refractivity contribution in [1.82, 2.24) is 19.4 Å². The summed E-state index contributed by atoms with van der Waals surface area (Å²) in [5, 5.41) is 0.725. The fourth-order valence-corrected chi connectivity index (χ4v) is 3.59. The first-order valence-electron chi connectivity index (χ1n) is 7.69. The van der Waals surface area contributed by atoms with Crippen molar-refractivity contribution in [1.29, 1.82) is 0 Å². The Labute approximate surface area is 128 Å². The van der Waals surface area contributed by atoms with Crippen LogP contribution in [0, 0.1) is 0 Å². The molecule has 116 valence electrons. The SMILES string of the molecule is CN1CCC2(CC1)CN2C(=O)c1cn(C)c(=O)c2[nH]ccc12. The van der Waals surface area contributed by atoms with E-state index in [1.54, 1.807) is 19.4 Å². The van der Waals surface area contributed by atoms with Gasteiger partial charge in [0.2, 0.25) is 0 Å². The van der Waals surface area contributed by atoms with Crippen LogP contribution >= 0.6 is 0 Å². The molecular weight excluding hydrogens is 280 g/mol. The van der Waals surface area contributed by atoms with Gasteiger partial charge in [0.15, 0.2) is 0 Å². The maximum Gasteiger partial charge on any atom is 0.274 e. The van der Waals surface area contributed by atoms with E-state index in [0.29, 0.717) is 11.1 Å². The predicted octanol–water partition coefficient (Wildman–Crippen LogP) is 0.787. The van der Waals surface area contributed by atoms with E-state index in [4.69, 9.17) is 0 Å². The van der Waals surface area contributed by atoms with Gasteiger partial charge in [-0.2, -0.15) is 0 Å². The Bertz CT molecular complexity index is 811. The van der Waals surface area contributed by atoms with Gasteiger partial charge in [-0.1, -0.05) is 0 Å². The number of nitrogens with one attached hydrogen (secondary N) is 1. The highest BCUT2D eigenvalue weighted by Gasteiger charge is 2.55. The van der Waals surface area contributed by atoms with Crippen LogP contribution in [0.1, 0.15) is 23.2 Å². The number of piperidine rings is 1. The molecule has 4 rings (SSSR count). The topological polar surface area (TPSA) is 61.1 Å². The summed E-state index contributed by atoms with van der Waals surface area (Å²) in [6, 6.07) is 1.81. The summed E-state index contributed by atoms with van der Waals surface area (Å²) in [5.41, 5.74) is 1.08. The number of pyridine rings is 1. The smallest absolute Gasteiger partial charge is 0.274 e. The lowest BCUT2D eigenvalue weighted by atomic mass is 9.97. The number of amides is 1. The van der Waals surface area contributed by atoms with Crippen molar-refractivity contribution >= 4 is 16.8 Å². The van der Waals surface area contributed by atoms with Gasteiger partial charge in [0.05, 0.1) is 11.1 Å². The zero-order valence-electron chi connectivity index (χ0n) is 12.9. The van der Waals surface area contributed by atoms with Crippen molar-refractivity contribution < 1.29 is 4.79 Å². The van der Waals surface area contributed by atoms with Crippen molar-refractivity contribution in [3.05, 3.63) is 34.4 Å². The quantitative estimate of drug-likeness (QED) is 0.792. The first-order chi connectivity index (χ1) is 10.5. The minimum absolute atomic E-state index is 0.0461. The zero-order chi connectivity index (χ0) is 15.5. The molecule has 0 aromatic carbocycles. The Morgan fingerprint density at radius 1 is 1.27 bits per heavy atom. The van der Waals surface area contributed by atoms with E-state index in [1.165, 1.54) is 4.57 Å². The predicted molar refractivity (Wildman–Crippen MR) is 84.0 cm³/mol. The molecule has 2 aliphatic rings. The monoisotopic (exact) mass is 300 g/mol. The molecule has 2 fully saturated rings. The number of aryl methyl sites for hydroxylation is 1. The van der Waals surface area contributed by atoms with E-state index in [2.05, 4.69) is 16.9 Å². The number of aromatic nitrogens is 2. The molecule has 2 aliphatic heterocycles. The molecular formula is C16H20N4O2. The number of H-pyrrole nitrogens is 1. The molecule has 2 aromatic heterocycles. The van der Waals surface area contributed by atoms with Gasteiger partial charge >= 0.3 is 0 Å². The summed E-state index contributed by atoms with van der Waals surface area (Å²) in [7, 11) is 3.81. The Kier molecular flexibility index (Phi) is 2.75. The lowest BCUT2D eigenvalue weighted by molar-refractivity contribution is 0.0828. The van der Waals surface area contributed by atoms with Gasteiger partial charge in [0.25, 0.3) is 11.5 Å². The normalized spacial score (nSPS) is 20.7. The summed E-state index contributed by atoms with van der Waals surface area (Å²) >= 11 is 0. The molecule has 0 atom stereocenters. The molecule has 2 aromatic rings. The van der Waals surface area contributed by atoms with Crippen LogP contribution in [-0.4, -0.2) is 57.5 Å². The molecule has 1 amide bonds. The Morgan fingerprint density at radius 3 is 2.73 bits per heavy atom. The van der Waals surface area contributed by atoms with Gasteiger partial charge in [0, 0.05) is 44.5 Å². The number of fused-ring (bicyclic) bond motifs is 1. The van der Waals surface area contributed by atoms with E-state index in [9.17, 15) is 9.59 Å². The van der Waals surface area contributed by atoms with Crippen LogP contribution < -0.4 is 5.56 Å². The molecule has 0 saturated carbocycles. The fourth-order valence-electron chi connectivity index (χ4n) is 3.59. The molecule has 6 nitrogen and oxygen atoms in total. The summed E-state index contributed by atoms with van der Waals surface area (Å²) < 4.78 is 1.48. The molecule has 22 heavy (non-hydrogen) atoms. The highest BCUT2D eigenvalue weighted by atomic mass is 16.2. The molecule has 0 bridgehead atoms. The maximum absolute atomic E-state index is 12.9. The molecule has 2 saturated heterocycles. The molecule has 0 unspecified atom stereocenters. The number of likely N-dealkylation sites (tertiary alicyclic amines) is 1. The second kappa shape index (κ2) is 4.46. The van der Waals surface area contributed by atoms with Gasteiger partial charge in [-0.05, 0) is 26.0 Å². The number of nitrogens with zero attached hydrogens (tertiary/aromatic N) is 3. The average Bonchev–Trinajstić information content (AvgIpc) is 2.97. The van der Waals surface area contributed by atoms with Crippen molar-refractivity contribution in [2.24, 2.45) is 7.05 Å². The van der Waals surface area contributed by atoms with E-state index in [0.717, 1.165) is 37.9 Å². The first kappa shape index (κ1) is 13.6. The van der Waals surface area contributed by atoms with Crippen LogP contribution in [0.2, 0.25) is 0 Å². The van der Waals surface area contributed by atoms with Crippen LogP contribution in [-0.2, 0) is 7.05 Å². The van der Waals surface area contributed by atoms with Crippen molar-refractivity contribution in [2.45, 2.75) is 18.4 Å². The fraction of sp³-hybridized carbons (Fsp3) is 0.500. The number of hydrogen-bond acceptors (Lipinski definition) is 3. The highest BCUT2D eigenvalue weighted by Crippen LogP contribution is 2.42. The average molecular weight is 300 g/mol. The lowest BCUT2D eigenvalue weighted by Gasteiger charge is -2.29. The number of carbonyl (C=O) groups is 1. The minimum atomic E-state index is -0.101. The third-order valence-electron chi connectivity index (χ3n) is 5.21. The minimum Gasteiger partial charge on any atom is -0.357 e. The second-order valence-electron chi connectivity index (χ2n) is 6.64. The summed E-state index contributed by atoms with van der Waals surface area (Å²) in [6.07, 6.45) is 5.47. The Hall–Kier alpha value is -2.08. The first-order valence-corrected chi connectivity index (χ1v) is 7.69. The van der Waals surface area contributed by atoms with Crippen molar-refractivity contribution in [3.63, 3.8) is 0 Å². The van der Waals surface area contributed by atoms with E-state index in [1.807, 2.05) is 11.0 Å². The number of hydrogen-bond donors (Lipinski definition) is 1. The van der Waals surface area contributed by atoms with E-state index in [-0.39, 0.29) is 17.0 Å². The molecule has 4 heterocycles. The van der Waals surface area contributed by atoms with Crippen LogP contribution in [0.3, 0.4) is 0 Å². The van der Waals surface area contributed by atoms with Gasteiger partial charge in [-0.15, -0.1) is 0 Å². The molecule has 1 N–H and O–H groups in total. The van der Waals surface area contributed by atoms with Crippen molar-refractivity contribution in [2.75, 3.05) is 26.7 Å². The standard InChI is InChI=1S/C16H20N4O2/c1-18-7-4-16(5-8-18)10-20(16)14(21)12-9-19(2)15(22)13-11(12)3-6-17-13/h3,6,9,17H,4-5,7-8,10H2,1-2H3. The van der Waals surface area contributed by atoms with E-state index < -0.39 is 0 Å². The number of rotatable bonds is 1. The van der Waals surface area contributed by atoms with Crippen LogP contribution in [0.4, 0.5) is 0 Å². The molecule has 1 spiro atoms. The zero-order valence-corrected chi connectivity index (χ0v) is 12.9. The summed E-state index contributed by atoms with van der Waals surface area (Å²) in [4.78, 5) is 32.2. The van der Waals surface area contributed by atoms with Crippen LogP contribution in [0.25, 0.3) is 10.9 Å². The third kappa shape index (κ3) is 1.83. The lowest BCUT2D eigenvalue weighted by Crippen LogP contribution is -2.38. The van der Waals surface area contributed by atoms with Gasteiger partial charge in [0.1, 0.15) is 5.52 Å². The molecule has 0 aliphatic carbocycles. The van der Waals surface area contributed by atoms with E-state index >= 15 is 0 Å². The highest BCUT2D eigenvalue weighted by molar-refractivity contribution is 6.07. The van der Waals surface area contributed by atoms with Gasteiger partial charge in [-0.3, -0.25) is 9.59 Å².